The van der Waals surface area contributed by atoms with Crippen molar-refractivity contribution in [3.63, 3.8) is 0 Å². The number of ketones is 1. The van der Waals surface area contributed by atoms with Gasteiger partial charge in [0.05, 0.1) is 28.9 Å². The van der Waals surface area contributed by atoms with E-state index >= 15 is 0 Å². The number of nitriles is 1. The van der Waals surface area contributed by atoms with E-state index in [4.69, 9.17) is 28.2 Å². The highest BCUT2D eigenvalue weighted by Gasteiger charge is 2.44. The molecule has 2 aromatic rings. The molecule has 1 fully saturated rings. The second-order valence-corrected chi connectivity index (χ2v) is 9.01. The van der Waals surface area contributed by atoms with Crippen molar-refractivity contribution in [3.8, 4) is 6.07 Å². The van der Waals surface area contributed by atoms with Gasteiger partial charge in [0.2, 0.25) is 0 Å². The summed E-state index contributed by atoms with van der Waals surface area (Å²) in [6.07, 6.45) is 1.19. The first kappa shape index (κ1) is 19.0. The van der Waals surface area contributed by atoms with Crippen LogP contribution < -0.4 is 5.32 Å². The van der Waals surface area contributed by atoms with E-state index in [0.29, 0.717) is 39.8 Å². The highest BCUT2D eigenvalue weighted by atomic mass is 35.5. The van der Waals surface area contributed by atoms with Gasteiger partial charge in [-0.3, -0.25) is 9.79 Å². The van der Waals surface area contributed by atoms with Crippen molar-refractivity contribution < 1.29 is 4.79 Å². The molecule has 0 bridgehead atoms. The van der Waals surface area contributed by atoms with Gasteiger partial charge in [0, 0.05) is 22.2 Å². The van der Waals surface area contributed by atoms with Crippen LogP contribution in [0, 0.1) is 22.7 Å². The fourth-order valence-electron chi connectivity index (χ4n) is 4.20. The molecule has 142 valence electrons. The van der Waals surface area contributed by atoms with Gasteiger partial charge in [0.25, 0.3) is 0 Å². The van der Waals surface area contributed by atoms with Gasteiger partial charge in [-0.1, -0.05) is 49.2 Å². The third-order valence-corrected chi connectivity index (χ3v) is 5.94. The average molecular weight is 412 g/mol. The number of anilines is 1. The molecule has 0 saturated heterocycles. The third-order valence-electron chi connectivity index (χ3n) is 5.38. The second kappa shape index (κ2) is 6.92. The van der Waals surface area contributed by atoms with Crippen LogP contribution in [0.4, 0.5) is 11.4 Å². The van der Waals surface area contributed by atoms with E-state index in [0.717, 1.165) is 11.3 Å². The molecule has 6 heteroatoms. The number of halogens is 2. The Kier molecular flexibility index (Phi) is 4.69. The Labute approximate surface area is 174 Å². The van der Waals surface area contributed by atoms with Crippen molar-refractivity contribution in [2.45, 2.75) is 32.7 Å². The molecule has 0 spiro atoms. The Morgan fingerprint density at radius 1 is 1.21 bits per heavy atom. The Hall–Kier alpha value is -2.35. The molecule has 2 atom stereocenters. The number of nitrogens with one attached hydrogen (secondary N) is 1. The standard InChI is InChI=1S/C22H19Cl2N3O/c1-22(2)9-17-19(18(28)10-22)21(14-7-6-13(23)8-15(14)24)27-20-12(11-25)4-3-5-16(20)26-17/h3-8,19,21,27H,9-10H2,1-2H3. The molecule has 0 radical (unpaired) electrons. The molecule has 28 heavy (non-hydrogen) atoms. The van der Waals surface area contributed by atoms with E-state index in [1.54, 1.807) is 18.2 Å². The number of Topliss-reactive ketones (excluding diaryl/α,β-unsaturated/α-hetero) is 1. The van der Waals surface area contributed by atoms with Crippen molar-refractivity contribution >= 4 is 46.1 Å². The zero-order valence-corrected chi connectivity index (χ0v) is 17.1. The number of carbonyl (C=O) groups excluding carboxylic acids is 1. The largest absolute Gasteiger partial charge is 0.374 e. The van der Waals surface area contributed by atoms with Crippen LogP contribution in [0.2, 0.25) is 10.0 Å². The molecule has 0 amide bonds. The molecular formula is C22H19Cl2N3O. The molecule has 2 unspecified atom stereocenters. The summed E-state index contributed by atoms with van der Waals surface area (Å²) in [4.78, 5) is 18.1. The van der Waals surface area contributed by atoms with Crippen LogP contribution in [0.15, 0.2) is 41.4 Å². The quantitative estimate of drug-likeness (QED) is 0.615. The normalized spacial score (nSPS) is 22.8. The minimum absolute atomic E-state index is 0.129. The zero-order valence-electron chi connectivity index (χ0n) is 15.6. The maximum Gasteiger partial charge on any atom is 0.144 e. The monoisotopic (exact) mass is 411 g/mol. The molecule has 1 saturated carbocycles. The summed E-state index contributed by atoms with van der Waals surface area (Å²) in [7, 11) is 0. The van der Waals surface area contributed by atoms with E-state index in [-0.39, 0.29) is 11.2 Å². The second-order valence-electron chi connectivity index (χ2n) is 8.16. The van der Waals surface area contributed by atoms with Crippen LogP contribution in [-0.2, 0) is 4.79 Å². The molecule has 1 heterocycles. The Morgan fingerprint density at radius 3 is 2.71 bits per heavy atom. The highest BCUT2D eigenvalue weighted by Crippen LogP contribution is 2.47. The molecule has 1 aliphatic carbocycles. The number of fused-ring (bicyclic) bond motifs is 2. The minimum atomic E-state index is -0.439. The predicted molar refractivity (Wildman–Crippen MR) is 113 cm³/mol. The third kappa shape index (κ3) is 3.30. The van der Waals surface area contributed by atoms with Gasteiger partial charge >= 0.3 is 0 Å². The van der Waals surface area contributed by atoms with Gasteiger partial charge in [-0.25, -0.2) is 0 Å². The first-order valence-electron chi connectivity index (χ1n) is 9.14. The van der Waals surface area contributed by atoms with Gasteiger partial charge in [-0.15, -0.1) is 0 Å². The zero-order chi connectivity index (χ0) is 20.1. The van der Waals surface area contributed by atoms with Crippen molar-refractivity contribution in [3.05, 3.63) is 57.6 Å². The minimum Gasteiger partial charge on any atom is -0.374 e. The van der Waals surface area contributed by atoms with Crippen LogP contribution in [0.1, 0.15) is 43.9 Å². The van der Waals surface area contributed by atoms with Gasteiger partial charge < -0.3 is 5.32 Å². The first-order chi connectivity index (χ1) is 13.3. The summed E-state index contributed by atoms with van der Waals surface area (Å²) in [5.74, 6) is -0.310. The maximum atomic E-state index is 13.2. The van der Waals surface area contributed by atoms with Gasteiger partial charge in [0.1, 0.15) is 11.9 Å². The smallest absolute Gasteiger partial charge is 0.144 e. The van der Waals surface area contributed by atoms with Crippen molar-refractivity contribution in [2.75, 3.05) is 5.32 Å². The predicted octanol–water partition coefficient (Wildman–Crippen LogP) is 6.11. The number of hydrogen-bond donors (Lipinski definition) is 1. The van der Waals surface area contributed by atoms with Crippen LogP contribution in [-0.4, -0.2) is 11.5 Å². The number of aliphatic imine (C=N–C) groups is 1. The van der Waals surface area contributed by atoms with Crippen LogP contribution in [0.3, 0.4) is 0 Å². The average Bonchev–Trinajstić information content (AvgIpc) is 2.76. The van der Waals surface area contributed by atoms with E-state index < -0.39 is 12.0 Å². The molecule has 2 aliphatic rings. The van der Waals surface area contributed by atoms with Gasteiger partial charge in [-0.05, 0) is 41.7 Å². The number of carbonyl (C=O) groups is 1. The molecule has 2 aromatic carbocycles. The highest BCUT2D eigenvalue weighted by molar-refractivity contribution is 6.35. The Bertz CT molecular complexity index is 1050. The lowest BCUT2D eigenvalue weighted by molar-refractivity contribution is -0.124. The lowest BCUT2D eigenvalue weighted by atomic mass is 9.68. The van der Waals surface area contributed by atoms with Crippen LogP contribution in [0.25, 0.3) is 0 Å². The topological polar surface area (TPSA) is 65.2 Å². The lowest BCUT2D eigenvalue weighted by Gasteiger charge is -2.37. The van der Waals surface area contributed by atoms with Crippen LogP contribution in [0.5, 0.6) is 0 Å². The summed E-state index contributed by atoms with van der Waals surface area (Å²) in [6, 6.07) is 12.5. The lowest BCUT2D eigenvalue weighted by Crippen LogP contribution is -2.42. The molecular weight excluding hydrogens is 393 g/mol. The summed E-state index contributed by atoms with van der Waals surface area (Å²) in [5, 5.41) is 14.0. The number of hydrogen-bond acceptors (Lipinski definition) is 4. The number of nitrogens with zero attached hydrogens (tertiary/aromatic N) is 2. The van der Waals surface area contributed by atoms with Gasteiger partial charge in [-0.2, -0.15) is 5.26 Å². The molecule has 1 aliphatic heterocycles. The first-order valence-corrected chi connectivity index (χ1v) is 9.89. The molecule has 1 N–H and O–H groups in total. The molecule has 4 nitrogen and oxygen atoms in total. The number of benzene rings is 2. The Balaban J connectivity index is 1.94. The number of para-hydroxylation sites is 1. The van der Waals surface area contributed by atoms with Gasteiger partial charge in [0.15, 0.2) is 0 Å². The van der Waals surface area contributed by atoms with Crippen molar-refractivity contribution in [1.82, 2.24) is 0 Å². The van der Waals surface area contributed by atoms with E-state index in [1.807, 2.05) is 18.2 Å². The molecule has 4 rings (SSSR count). The fourth-order valence-corrected chi connectivity index (χ4v) is 4.73. The molecule has 0 aromatic heterocycles. The SMILES string of the molecule is CC1(C)CC(=O)C2C(=Nc3cccc(C#N)c3NC2c2ccc(Cl)cc2Cl)C1. The Morgan fingerprint density at radius 2 is 2.00 bits per heavy atom. The van der Waals surface area contributed by atoms with E-state index in [1.165, 1.54) is 0 Å². The van der Waals surface area contributed by atoms with Crippen molar-refractivity contribution in [1.29, 1.82) is 5.26 Å². The fraction of sp³-hybridized carbons (Fsp3) is 0.318. The summed E-state index contributed by atoms with van der Waals surface area (Å²) < 4.78 is 0. The van der Waals surface area contributed by atoms with E-state index in [9.17, 15) is 10.1 Å². The van der Waals surface area contributed by atoms with E-state index in [2.05, 4.69) is 25.2 Å². The maximum absolute atomic E-state index is 13.2. The number of rotatable bonds is 1. The summed E-state index contributed by atoms with van der Waals surface area (Å²) >= 11 is 12.6. The summed E-state index contributed by atoms with van der Waals surface area (Å²) in [6.45, 7) is 4.16. The van der Waals surface area contributed by atoms with Crippen molar-refractivity contribution in [2.24, 2.45) is 16.3 Å². The summed E-state index contributed by atoms with van der Waals surface area (Å²) in [5.41, 5.74) is 3.25. The van der Waals surface area contributed by atoms with Crippen LogP contribution >= 0.6 is 23.2 Å².